The van der Waals surface area contributed by atoms with Crippen molar-refractivity contribution in [2.45, 2.75) is 45.1 Å². The predicted molar refractivity (Wildman–Crippen MR) is 52.5 cm³/mol. The Morgan fingerprint density at radius 2 is 2.31 bits per heavy atom. The lowest BCUT2D eigenvalue weighted by Gasteiger charge is -2.19. The fraction of sp³-hybridized carbons (Fsp3) is 0.700. The van der Waals surface area contributed by atoms with Crippen molar-refractivity contribution < 1.29 is 0 Å². The van der Waals surface area contributed by atoms with E-state index in [-0.39, 0.29) is 6.04 Å². The molecule has 0 saturated carbocycles. The van der Waals surface area contributed by atoms with E-state index in [4.69, 9.17) is 5.73 Å². The second-order valence-electron chi connectivity index (χ2n) is 4.15. The molecule has 3 N–H and O–H groups in total. The lowest BCUT2D eigenvalue weighted by atomic mass is 9.89. The molecule has 0 fully saturated rings. The van der Waals surface area contributed by atoms with Crippen LogP contribution in [-0.4, -0.2) is 10.2 Å². The summed E-state index contributed by atoms with van der Waals surface area (Å²) in [6.45, 7) is 4.33. The first-order chi connectivity index (χ1) is 6.20. The molecule has 3 heteroatoms. The SMILES string of the molecule is CC(C)c1n[nH]c2c1C(N)CCC2. The predicted octanol–water partition coefficient (Wildman–Crippen LogP) is 1.87. The molecule has 3 nitrogen and oxygen atoms in total. The van der Waals surface area contributed by atoms with Crippen LogP contribution in [0.4, 0.5) is 0 Å². The highest BCUT2D eigenvalue weighted by molar-refractivity contribution is 5.32. The van der Waals surface area contributed by atoms with Crippen LogP contribution in [0.3, 0.4) is 0 Å². The molecule has 1 aromatic heterocycles. The van der Waals surface area contributed by atoms with Gasteiger partial charge in [-0.15, -0.1) is 0 Å². The molecule has 0 bridgehead atoms. The molecule has 1 unspecified atom stereocenters. The van der Waals surface area contributed by atoms with Crippen molar-refractivity contribution in [2.75, 3.05) is 0 Å². The molecule has 1 heterocycles. The molecular formula is C10H17N3. The highest BCUT2D eigenvalue weighted by Crippen LogP contribution is 2.32. The van der Waals surface area contributed by atoms with Crippen molar-refractivity contribution in [3.63, 3.8) is 0 Å². The third kappa shape index (κ3) is 1.37. The largest absolute Gasteiger partial charge is 0.324 e. The minimum Gasteiger partial charge on any atom is -0.324 e. The average Bonchev–Trinajstić information content (AvgIpc) is 2.49. The van der Waals surface area contributed by atoms with Gasteiger partial charge in [-0.05, 0) is 25.2 Å². The van der Waals surface area contributed by atoms with Gasteiger partial charge in [0.25, 0.3) is 0 Å². The van der Waals surface area contributed by atoms with Crippen molar-refractivity contribution in [3.8, 4) is 0 Å². The minimum atomic E-state index is 0.208. The van der Waals surface area contributed by atoms with Crippen molar-refractivity contribution in [2.24, 2.45) is 5.73 Å². The Balaban J connectivity index is 2.44. The number of nitrogens with two attached hydrogens (primary N) is 1. The topological polar surface area (TPSA) is 54.7 Å². The molecule has 1 aromatic rings. The van der Waals surface area contributed by atoms with Crippen LogP contribution < -0.4 is 5.73 Å². The standard InChI is InChI=1S/C10H17N3/c1-6(2)10-9-7(11)4-3-5-8(9)12-13-10/h6-7H,3-5,11H2,1-2H3,(H,12,13). The molecule has 13 heavy (non-hydrogen) atoms. The molecule has 0 aromatic carbocycles. The van der Waals surface area contributed by atoms with E-state index in [1.165, 1.54) is 23.4 Å². The molecule has 2 rings (SSSR count). The molecule has 1 aliphatic carbocycles. The van der Waals surface area contributed by atoms with Crippen molar-refractivity contribution in [3.05, 3.63) is 17.0 Å². The lowest BCUT2D eigenvalue weighted by molar-refractivity contribution is 0.560. The van der Waals surface area contributed by atoms with Crippen LogP contribution >= 0.6 is 0 Å². The van der Waals surface area contributed by atoms with Gasteiger partial charge in [0.2, 0.25) is 0 Å². The number of hydrogen-bond acceptors (Lipinski definition) is 2. The van der Waals surface area contributed by atoms with Gasteiger partial charge < -0.3 is 5.73 Å². The van der Waals surface area contributed by atoms with Crippen LogP contribution in [0, 0.1) is 0 Å². The smallest absolute Gasteiger partial charge is 0.0698 e. The van der Waals surface area contributed by atoms with E-state index >= 15 is 0 Å². The molecule has 72 valence electrons. The van der Waals surface area contributed by atoms with Gasteiger partial charge in [-0.2, -0.15) is 5.10 Å². The van der Waals surface area contributed by atoms with Crippen molar-refractivity contribution in [1.82, 2.24) is 10.2 Å². The van der Waals surface area contributed by atoms with E-state index in [2.05, 4.69) is 24.0 Å². The van der Waals surface area contributed by atoms with E-state index in [9.17, 15) is 0 Å². The van der Waals surface area contributed by atoms with Crippen LogP contribution in [-0.2, 0) is 6.42 Å². The highest BCUT2D eigenvalue weighted by atomic mass is 15.1. The fourth-order valence-corrected chi connectivity index (χ4v) is 2.09. The highest BCUT2D eigenvalue weighted by Gasteiger charge is 2.24. The molecule has 0 amide bonds. The van der Waals surface area contributed by atoms with E-state index in [1.54, 1.807) is 0 Å². The summed E-state index contributed by atoms with van der Waals surface area (Å²) < 4.78 is 0. The van der Waals surface area contributed by atoms with Gasteiger partial charge in [0.1, 0.15) is 0 Å². The lowest BCUT2D eigenvalue weighted by Crippen LogP contribution is -2.18. The summed E-state index contributed by atoms with van der Waals surface area (Å²) in [6, 6.07) is 0.208. The zero-order chi connectivity index (χ0) is 9.42. The summed E-state index contributed by atoms with van der Waals surface area (Å²) in [5, 5.41) is 7.45. The number of nitrogens with zero attached hydrogens (tertiary/aromatic N) is 1. The second-order valence-corrected chi connectivity index (χ2v) is 4.15. The maximum atomic E-state index is 6.07. The zero-order valence-electron chi connectivity index (χ0n) is 8.30. The Hall–Kier alpha value is -0.830. The number of fused-ring (bicyclic) bond motifs is 1. The summed E-state index contributed by atoms with van der Waals surface area (Å²) >= 11 is 0. The average molecular weight is 179 g/mol. The summed E-state index contributed by atoms with van der Waals surface area (Å²) in [5.41, 5.74) is 9.80. The third-order valence-electron chi connectivity index (χ3n) is 2.77. The van der Waals surface area contributed by atoms with Gasteiger partial charge in [-0.1, -0.05) is 13.8 Å². The Labute approximate surface area is 78.7 Å². The number of aromatic amines is 1. The first-order valence-electron chi connectivity index (χ1n) is 5.02. The third-order valence-corrected chi connectivity index (χ3v) is 2.77. The maximum absolute atomic E-state index is 6.07. The van der Waals surface area contributed by atoms with Crippen molar-refractivity contribution in [1.29, 1.82) is 0 Å². The first-order valence-corrected chi connectivity index (χ1v) is 5.02. The Bertz CT molecular complexity index is 301. The number of aromatic nitrogens is 2. The molecule has 0 radical (unpaired) electrons. The zero-order valence-corrected chi connectivity index (χ0v) is 8.30. The Morgan fingerprint density at radius 3 is 3.00 bits per heavy atom. The van der Waals surface area contributed by atoms with E-state index in [0.717, 1.165) is 12.8 Å². The normalized spacial score (nSPS) is 22.0. The number of nitrogens with one attached hydrogen (secondary N) is 1. The molecule has 1 atom stereocenters. The molecule has 0 saturated heterocycles. The van der Waals surface area contributed by atoms with Crippen LogP contribution in [0.1, 0.15) is 55.6 Å². The summed E-state index contributed by atoms with van der Waals surface area (Å²) in [6.07, 6.45) is 3.41. The summed E-state index contributed by atoms with van der Waals surface area (Å²) in [4.78, 5) is 0. The maximum Gasteiger partial charge on any atom is 0.0698 e. The van der Waals surface area contributed by atoms with Crippen LogP contribution in [0.25, 0.3) is 0 Å². The molecule has 0 spiro atoms. The Morgan fingerprint density at radius 1 is 1.54 bits per heavy atom. The number of rotatable bonds is 1. The summed E-state index contributed by atoms with van der Waals surface area (Å²) in [7, 11) is 0. The minimum absolute atomic E-state index is 0.208. The molecular weight excluding hydrogens is 162 g/mol. The van der Waals surface area contributed by atoms with Crippen LogP contribution in [0.15, 0.2) is 0 Å². The Kier molecular flexibility index (Phi) is 2.12. The van der Waals surface area contributed by atoms with Gasteiger partial charge >= 0.3 is 0 Å². The molecule has 1 aliphatic rings. The molecule has 0 aliphatic heterocycles. The van der Waals surface area contributed by atoms with Gasteiger partial charge in [0, 0.05) is 17.3 Å². The quantitative estimate of drug-likeness (QED) is 0.691. The number of H-pyrrole nitrogens is 1. The van der Waals surface area contributed by atoms with E-state index in [0.29, 0.717) is 5.92 Å². The van der Waals surface area contributed by atoms with Crippen LogP contribution in [0.2, 0.25) is 0 Å². The number of hydrogen-bond donors (Lipinski definition) is 2. The van der Waals surface area contributed by atoms with Gasteiger partial charge in [0.05, 0.1) is 5.69 Å². The second kappa shape index (κ2) is 3.14. The van der Waals surface area contributed by atoms with Crippen molar-refractivity contribution >= 4 is 0 Å². The van der Waals surface area contributed by atoms with Gasteiger partial charge in [0.15, 0.2) is 0 Å². The number of aryl methyl sites for hydroxylation is 1. The van der Waals surface area contributed by atoms with Gasteiger partial charge in [-0.3, -0.25) is 5.10 Å². The first kappa shape index (κ1) is 8.75. The fourth-order valence-electron chi connectivity index (χ4n) is 2.09. The van der Waals surface area contributed by atoms with E-state index < -0.39 is 0 Å². The van der Waals surface area contributed by atoms with E-state index in [1.807, 2.05) is 0 Å². The summed E-state index contributed by atoms with van der Waals surface area (Å²) in [5.74, 6) is 0.476. The van der Waals surface area contributed by atoms with Gasteiger partial charge in [-0.25, -0.2) is 0 Å². The monoisotopic (exact) mass is 179 g/mol. The van der Waals surface area contributed by atoms with Crippen LogP contribution in [0.5, 0.6) is 0 Å².